The minimum atomic E-state index is -0.939. The maximum atomic E-state index is 12.3. The van der Waals surface area contributed by atoms with Gasteiger partial charge in [0.05, 0.1) is 11.1 Å². The molecular weight excluding hydrogens is 308 g/mol. The number of rotatable bonds is 3. The third-order valence-electron chi connectivity index (χ3n) is 3.25. The maximum Gasteiger partial charge on any atom is 0.262 e. The molecule has 0 spiro atoms. The van der Waals surface area contributed by atoms with Gasteiger partial charge in [0.2, 0.25) is 11.8 Å². The third kappa shape index (κ3) is 4.28. The van der Waals surface area contributed by atoms with Crippen LogP contribution >= 0.6 is 0 Å². The Kier molecular flexibility index (Phi) is 9.23. The Balaban J connectivity index is 0.00000123. The molecule has 1 unspecified atom stereocenters. The summed E-state index contributed by atoms with van der Waals surface area (Å²) < 4.78 is 0. The van der Waals surface area contributed by atoms with E-state index in [2.05, 4.69) is 11.9 Å². The summed E-state index contributed by atoms with van der Waals surface area (Å²) in [7, 11) is 0. The molecule has 2 aliphatic rings. The summed E-state index contributed by atoms with van der Waals surface area (Å²) in [6, 6.07) is -0.939. The Morgan fingerprint density at radius 3 is 2.04 bits per heavy atom. The van der Waals surface area contributed by atoms with Crippen LogP contribution in [0.3, 0.4) is 0 Å². The molecule has 0 bridgehead atoms. The van der Waals surface area contributed by atoms with Crippen LogP contribution in [-0.2, 0) is 19.2 Å². The highest BCUT2D eigenvalue weighted by Gasteiger charge is 2.44. The molecule has 1 saturated heterocycles. The van der Waals surface area contributed by atoms with Crippen LogP contribution in [0.25, 0.3) is 0 Å². The zero-order valence-corrected chi connectivity index (χ0v) is 15.0. The first kappa shape index (κ1) is 21.5. The smallest absolute Gasteiger partial charge is 0.262 e. The number of hydrogen-bond donors (Lipinski definition) is 1. The molecule has 0 aromatic carbocycles. The lowest BCUT2D eigenvalue weighted by molar-refractivity contribution is -0.149. The summed E-state index contributed by atoms with van der Waals surface area (Å²) in [4.78, 5) is 48.4. The number of imide groups is 2. The highest BCUT2D eigenvalue weighted by molar-refractivity contribution is 6.23. The first-order valence-electron chi connectivity index (χ1n) is 8.22. The fourth-order valence-corrected chi connectivity index (χ4v) is 2.32. The van der Waals surface area contributed by atoms with Crippen LogP contribution in [0, 0.1) is 0 Å². The first-order valence-corrected chi connectivity index (χ1v) is 8.22. The van der Waals surface area contributed by atoms with E-state index in [1.54, 1.807) is 13.0 Å². The van der Waals surface area contributed by atoms with E-state index >= 15 is 0 Å². The van der Waals surface area contributed by atoms with Crippen LogP contribution in [0.4, 0.5) is 0 Å². The topological polar surface area (TPSA) is 83.6 Å². The Labute approximate surface area is 143 Å². The number of nitrogens with one attached hydrogen (secondary N) is 1. The van der Waals surface area contributed by atoms with Crippen molar-refractivity contribution in [3.63, 3.8) is 0 Å². The lowest BCUT2D eigenvalue weighted by atomic mass is 10.0. The van der Waals surface area contributed by atoms with Gasteiger partial charge in [-0.1, -0.05) is 52.5 Å². The highest BCUT2D eigenvalue weighted by Crippen LogP contribution is 2.27. The summed E-state index contributed by atoms with van der Waals surface area (Å²) in [5, 5.41) is 2.14. The number of amides is 4. The van der Waals surface area contributed by atoms with Crippen molar-refractivity contribution < 1.29 is 19.2 Å². The largest absolute Gasteiger partial charge is 0.295 e. The monoisotopic (exact) mass is 334 g/mol. The first-order chi connectivity index (χ1) is 11.5. The van der Waals surface area contributed by atoms with Crippen molar-refractivity contribution in [1.29, 1.82) is 0 Å². The predicted octanol–water partition coefficient (Wildman–Crippen LogP) is 2.27. The Hall–Kier alpha value is -2.50. The molecule has 24 heavy (non-hydrogen) atoms. The molecule has 4 amide bonds. The fraction of sp³-hybridized carbons (Fsp3) is 0.444. The second kappa shape index (κ2) is 10.3. The van der Waals surface area contributed by atoms with Gasteiger partial charge in [-0.05, 0) is 13.3 Å². The van der Waals surface area contributed by atoms with E-state index in [0.29, 0.717) is 0 Å². The van der Waals surface area contributed by atoms with Crippen molar-refractivity contribution in [2.45, 2.75) is 53.5 Å². The fourth-order valence-electron chi connectivity index (χ4n) is 2.32. The van der Waals surface area contributed by atoms with Crippen molar-refractivity contribution in [3.05, 3.63) is 36.0 Å². The molecule has 2 aliphatic heterocycles. The van der Waals surface area contributed by atoms with Crippen LogP contribution in [-0.4, -0.2) is 34.6 Å². The average Bonchev–Trinajstić information content (AvgIpc) is 2.82. The van der Waals surface area contributed by atoms with Gasteiger partial charge in [-0.2, -0.15) is 0 Å². The molecule has 0 aromatic heterocycles. The summed E-state index contributed by atoms with van der Waals surface area (Å²) in [5.74, 6) is -2.09. The predicted molar refractivity (Wildman–Crippen MR) is 92.8 cm³/mol. The quantitative estimate of drug-likeness (QED) is 0.803. The van der Waals surface area contributed by atoms with Gasteiger partial charge in [0, 0.05) is 6.42 Å². The van der Waals surface area contributed by atoms with Crippen LogP contribution in [0.1, 0.15) is 47.5 Å². The standard InChI is InChI=1S/C14H14N2O4.2C2H6/c1-3-5-9-8(4-2)13(19)16(14(9)20)10-6-7-11(17)15-12(10)18;2*1-2/h3-5,10H,2,6-7H2,1H3,(H,15,17,18);2*1-2H3/b5-3-;;. The van der Waals surface area contributed by atoms with Gasteiger partial charge in [-0.15, -0.1) is 0 Å². The van der Waals surface area contributed by atoms with Crippen LogP contribution < -0.4 is 5.32 Å². The van der Waals surface area contributed by atoms with Gasteiger partial charge in [-0.3, -0.25) is 29.4 Å². The Morgan fingerprint density at radius 1 is 1.04 bits per heavy atom. The molecule has 0 saturated carbocycles. The van der Waals surface area contributed by atoms with Crippen LogP contribution in [0.5, 0.6) is 0 Å². The van der Waals surface area contributed by atoms with Crippen molar-refractivity contribution >= 4 is 23.6 Å². The van der Waals surface area contributed by atoms with Crippen LogP contribution in [0.2, 0.25) is 0 Å². The van der Waals surface area contributed by atoms with E-state index in [-0.39, 0.29) is 24.0 Å². The van der Waals surface area contributed by atoms with Gasteiger partial charge in [0.1, 0.15) is 6.04 Å². The summed E-state index contributed by atoms with van der Waals surface area (Å²) >= 11 is 0. The zero-order valence-electron chi connectivity index (χ0n) is 15.0. The molecule has 0 radical (unpaired) electrons. The molecule has 6 nitrogen and oxygen atoms in total. The molecule has 1 fully saturated rings. The molecule has 2 rings (SSSR count). The minimum absolute atomic E-state index is 0.107. The summed E-state index contributed by atoms with van der Waals surface area (Å²) in [6.07, 6.45) is 4.72. The minimum Gasteiger partial charge on any atom is -0.295 e. The lowest BCUT2D eigenvalue weighted by Crippen LogP contribution is -2.54. The zero-order chi connectivity index (χ0) is 18.9. The van der Waals surface area contributed by atoms with Crippen molar-refractivity contribution in [2.24, 2.45) is 0 Å². The van der Waals surface area contributed by atoms with Gasteiger partial charge in [0.15, 0.2) is 0 Å². The van der Waals surface area contributed by atoms with E-state index in [0.717, 1.165) is 4.90 Å². The van der Waals surface area contributed by atoms with E-state index in [1.807, 2.05) is 27.7 Å². The Bertz CT molecular complexity index is 588. The third-order valence-corrected chi connectivity index (χ3v) is 3.25. The molecule has 6 heteroatoms. The molecule has 0 aromatic rings. The lowest BCUT2D eigenvalue weighted by Gasteiger charge is -2.28. The number of hydrogen-bond acceptors (Lipinski definition) is 4. The second-order valence-corrected chi connectivity index (χ2v) is 4.48. The molecule has 2 heterocycles. The summed E-state index contributed by atoms with van der Waals surface area (Å²) in [5.41, 5.74) is 0.398. The maximum absolute atomic E-state index is 12.3. The SMILES string of the molecule is C=CC1=C(/C=C\C)C(=O)N(C2CCC(=O)NC2=O)C1=O.CC.CC. The molecule has 1 N–H and O–H groups in total. The van der Waals surface area contributed by atoms with E-state index in [1.165, 1.54) is 12.2 Å². The van der Waals surface area contributed by atoms with Crippen molar-refractivity contribution in [3.8, 4) is 0 Å². The van der Waals surface area contributed by atoms with E-state index < -0.39 is 29.7 Å². The molecule has 1 atom stereocenters. The molecule has 0 aliphatic carbocycles. The Morgan fingerprint density at radius 2 is 1.58 bits per heavy atom. The van der Waals surface area contributed by atoms with Crippen LogP contribution in [0.15, 0.2) is 36.0 Å². The average molecular weight is 334 g/mol. The van der Waals surface area contributed by atoms with Gasteiger partial charge in [0.25, 0.3) is 11.8 Å². The van der Waals surface area contributed by atoms with Gasteiger partial charge < -0.3 is 0 Å². The number of allylic oxidation sites excluding steroid dienone is 1. The summed E-state index contributed by atoms with van der Waals surface area (Å²) in [6.45, 7) is 13.2. The van der Waals surface area contributed by atoms with Crippen molar-refractivity contribution in [1.82, 2.24) is 10.2 Å². The van der Waals surface area contributed by atoms with E-state index in [4.69, 9.17) is 0 Å². The van der Waals surface area contributed by atoms with Gasteiger partial charge >= 0.3 is 0 Å². The normalized spacial score (nSPS) is 20.4. The number of piperidine rings is 1. The van der Waals surface area contributed by atoms with Crippen molar-refractivity contribution in [2.75, 3.05) is 0 Å². The molecular formula is C18H26N2O4. The van der Waals surface area contributed by atoms with E-state index in [9.17, 15) is 19.2 Å². The second-order valence-electron chi connectivity index (χ2n) is 4.48. The number of carbonyl (C=O) groups is 4. The number of nitrogens with zero attached hydrogens (tertiary/aromatic N) is 1. The highest BCUT2D eigenvalue weighted by atomic mass is 16.2. The van der Waals surface area contributed by atoms with Gasteiger partial charge in [-0.25, -0.2) is 0 Å². The molecule has 132 valence electrons. The number of carbonyl (C=O) groups excluding carboxylic acids is 4.